The molecule has 0 radical (unpaired) electrons. The van der Waals surface area contributed by atoms with Gasteiger partial charge in [-0.25, -0.2) is 18.4 Å². The molecule has 0 bridgehead atoms. The van der Waals surface area contributed by atoms with Crippen LogP contribution in [0.25, 0.3) is 5.82 Å². The van der Waals surface area contributed by atoms with Gasteiger partial charge in [-0.1, -0.05) is 42.1 Å². The van der Waals surface area contributed by atoms with E-state index in [1.165, 1.54) is 30.3 Å². The molecule has 0 aliphatic carbocycles. The molecule has 3 aromatic rings. The van der Waals surface area contributed by atoms with Crippen LogP contribution >= 0.6 is 35.1 Å². The SMILES string of the molecule is CCCSNC(=O)c1cc(Cl)cc(C)c1NC(=O)c1cc(C(F)F)nn1-c1ncccc1Cl. The van der Waals surface area contributed by atoms with Gasteiger partial charge in [-0.05, 0) is 49.2 Å². The number of alkyl halides is 2. The fourth-order valence-corrected chi connectivity index (χ4v) is 3.92. The maximum atomic E-state index is 13.4. The van der Waals surface area contributed by atoms with Gasteiger partial charge in [0.2, 0.25) is 0 Å². The molecule has 0 aliphatic rings. The Morgan fingerprint density at radius 1 is 1.21 bits per heavy atom. The van der Waals surface area contributed by atoms with E-state index < -0.39 is 23.9 Å². The summed E-state index contributed by atoms with van der Waals surface area (Å²) in [6.45, 7) is 3.63. The molecule has 12 heteroatoms. The molecule has 2 amide bonds. The molecule has 2 aromatic heterocycles. The Bertz CT molecular complexity index is 1190. The molecule has 2 heterocycles. The summed E-state index contributed by atoms with van der Waals surface area (Å²) in [5, 5.41) is 6.86. The number of amides is 2. The Morgan fingerprint density at radius 3 is 2.64 bits per heavy atom. The van der Waals surface area contributed by atoms with Gasteiger partial charge in [0.15, 0.2) is 5.82 Å². The molecule has 0 atom stereocenters. The minimum absolute atomic E-state index is 0.0120. The smallest absolute Gasteiger partial charge is 0.282 e. The second kappa shape index (κ2) is 11.0. The molecule has 1 aromatic carbocycles. The van der Waals surface area contributed by atoms with Gasteiger partial charge in [0, 0.05) is 17.0 Å². The number of aromatic nitrogens is 3. The van der Waals surface area contributed by atoms with Gasteiger partial charge in [0.05, 0.1) is 16.3 Å². The topological polar surface area (TPSA) is 88.9 Å². The third-order valence-corrected chi connectivity index (χ3v) is 5.83. The predicted octanol–water partition coefficient (Wildman–Crippen LogP) is 5.86. The average molecular weight is 514 g/mol. The number of anilines is 1. The summed E-state index contributed by atoms with van der Waals surface area (Å²) in [4.78, 5) is 29.9. The lowest BCUT2D eigenvalue weighted by atomic mass is 10.1. The standard InChI is InChI=1S/C21H19Cl2F2N5O2S/c1-3-7-33-29-20(31)13-9-12(22)8-11(2)17(13)27-21(32)16-10-15(18(24)25)28-30(16)19-14(23)5-4-6-26-19/h4-6,8-10,18H,3,7H2,1-2H3,(H,27,32)(H,29,31). The van der Waals surface area contributed by atoms with Crippen LogP contribution in [0.4, 0.5) is 14.5 Å². The largest absolute Gasteiger partial charge is 0.320 e. The van der Waals surface area contributed by atoms with Gasteiger partial charge < -0.3 is 5.32 Å². The minimum atomic E-state index is -2.92. The number of benzene rings is 1. The molecule has 0 fully saturated rings. The van der Waals surface area contributed by atoms with Crippen molar-refractivity contribution in [2.75, 3.05) is 11.1 Å². The first-order valence-corrected chi connectivity index (χ1v) is 11.5. The summed E-state index contributed by atoms with van der Waals surface area (Å²) in [5.74, 6) is -0.522. The molecule has 0 spiro atoms. The van der Waals surface area contributed by atoms with Gasteiger partial charge in [0.1, 0.15) is 11.4 Å². The van der Waals surface area contributed by atoms with Gasteiger partial charge in [-0.3, -0.25) is 14.3 Å². The van der Waals surface area contributed by atoms with Gasteiger partial charge in [0.25, 0.3) is 18.2 Å². The first-order valence-electron chi connectivity index (χ1n) is 9.75. The summed E-state index contributed by atoms with van der Waals surface area (Å²) in [6.07, 6.45) is -0.670. The first kappa shape index (κ1) is 24.9. The maximum absolute atomic E-state index is 13.4. The van der Waals surface area contributed by atoms with Crippen molar-refractivity contribution >= 4 is 52.7 Å². The lowest BCUT2D eigenvalue weighted by Gasteiger charge is -2.15. The van der Waals surface area contributed by atoms with Crippen LogP contribution in [0.1, 0.15) is 51.9 Å². The number of nitrogens with zero attached hydrogens (tertiary/aromatic N) is 3. The van der Waals surface area contributed by atoms with Crippen molar-refractivity contribution in [2.45, 2.75) is 26.7 Å². The van der Waals surface area contributed by atoms with E-state index in [1.54, 1.807) is 19.1 Å². The Labute approximate surface area is 203 Å². The highest BCUT2D eigenvalue weighted by atomic mass is 35.5. The average Bonchev–Trinajstić information content (AvgIpc) is 3.21. The normalized spacial score (nSPS) is 11.0. The highest BCUT2D eigenvalue weighted by molar-refractivity contribution is 7.97. The van der Waals surface area contributed by atoms with Crippen LogP contribution < -0.4 is 10.0 Å². The molecule has 0 saturated carbocycles. The van der Waals surface area contributed by atoms with E-state index in [0.717, 1.165) is 17.2 Å². The van der Waals surface area contributed by atoms with Gasteiger partial charge >= 0.3 is 0 Å². The Balaban J connectivity index is 2.01. The Hall–Kier alpha value is -2.69. The van der Waals surface area contributed by atoms with Crippen molar-refractivity contribution < 1.29 is 18.4 Å². The molecule has 33 heavy (non-hydrogen) atoms. The second-order valence-electron chi connectivity index (χ2n) is 6.85. The number of aryl methyl sites for hydroxylation is 1. The summed E-state index contributed by atoms with van der Waals surface area (Å²) in [6, 6.07) is 7.00. The zero-order valence-electron chi connectivity index (χ0n) is 17.5. The quantitative estimate of drug-likeness (QED) is 0.290. The van der Waals surface area contributed by atoms with Crippen LogP contribution in [0, 0.1) is 6.92 Å². The number of pyridine rings is 1. The zero-order valence-corrected chi connectivity index (χ0v) is 19.9. The van der Waals surface area contributed by atoms with Crippen LogP contribution in [-0.2, 0) is 0 Å². The number of carbonyl (C=O) groups excluding carboxylic acids is 2. The number of rotatable bonds is 8. The zero-order chi connectivity index (χ0) is 24.1. The van der Waals surface area contributed by atoms with E-state index >= 15 is 0 Å². The Kier molecular flexibility index (Phi) is 8.28. The monoisotopic (exact) mass is 513 g/mol. The predicted molar refractivity (Wildman–Crippen MR) is 126 cm³/mol. The van der Waals surface area contributed by atoms with Crippen LogP contribution in [0.15, 0.2) is 36.5 Å². The number of carbonyl (C=O) groups is 2. The fourth-order valence-electron chi connectivity index (χ4n) is 2.90. The third kappa shape index (κ3) is 5.82. The van der Waals surface area contributed by atoms with E-state index in [1.807, 2.05) is 6.92 Å². The van der Waals surface area contributed by atoms with E-state index in [9.17, 15) is 18.4 Å². The number of nitrogens with one attached hydrogen (secondary N) is 2. The summed E-state index contributed by atoms with van der Waals surface area (Å²) in [7, 11) is 0. The molecule has 3 rings (SSSR count). The number of hydrogen-bond acceptors (Lipinski definition) is 5. The lowest BCUT2D eigenvalue weighted by molar-refractivity contribution is 0.0985. The Morgan fingerprint density at radius 2 is 1.97 bits per heavy atom. The number of halogens is 4. The van der Waals surface area contributed by atoms with Crippen molar-refractivity contribution in [3.05, 3.63) is 69.1 Å². The molecule has 0 aliphatic heterocycles. The van der Waals surface area contributed by atoms with Crippen LogP contribution in [0.5, 0.6) is 0 Å². The minimum Gasteiger partial charge on any atom is -0.320 e. The van der Waals surface area contributed by atoms with Crippen molar-refractivity contribution in [3.8, 4) is 5.82 Å². The summed E-state index contributed by atoms with van der Waals surface area (Å²) >= 11 is 13.5. The molecule has 7 nitrogen and oxygen atoms in total. The van der Waals surface area contributed by atoms with Crippen LogP contribution in [0.2, 0.25) is 10.0 Å². The van der Waals surface area contributed by atoms with E-state index in [-0.39, 0.29) is 27.8 Å². The van der Waals surface area contributed by atoms with E-state index in [4.69, 9.17) is 23.2 Å². The second-order valence-corrected chi connectivity index (χ2v) is 8.60. The van der Waals surface area contributed by atoms with Crippen molar-refractivity contribution in [3.63, 3.8) is 0 Å². The van der Waals surface area contributed by atoms with Crippen molar-refractivity contribution in [2.24, 2.45) is 0 Å². The molecular weight excluding hydrogens is 495 g/mol. The van der Waals surface area contributed by atoms with Crippen LogP contribution in [0.3, 0.4) is 0 Å². The lowest BCUT2D eigenvalue weighted by Crippen LogP contribution is -2.23. The van der Waals surface area contributed by atoms with Crippen LogP contribution in [-0.4, -0.2) is 32.3 Å². The maximum Gasteiger partial charge on any atom is 0.282 e. The third-order valence-electron chi connectivity index (χ3n) is 4.38. The fraction of sp³-hybridized carbons (Fsp3) is 0.238. The van der Waals surface area contributed by atoms with Gasteiger partial charge in [-0.15, -0.1) is 0 Å². The number of hydrogen-bond donors (Lipinski definition) is 2. The highest BCUT2D eigenvalue weighted by Crippen LogP contribution is 2.28. The highest BCUT2D eigenvalue weighted by Gasteiger charge is 2.25. The molecule has 0 unspecified atom stereocenters. The molecule has 2 N–H and O–H groups in total. The van der Waals surface area contributed by atoms with Crippen molar-refractivity contribution in [1.29, 1.82) is 0 Å². The van der Waals surface area contributed by atoms with Crippen molar-refractivity contribution in [1.82, 2.24) is 19.5 Å². The van der Waals surface area contributed by atoms with E-state index in [2.05, 4.69) is 20.1 Å². The molecular formula is C21H19Cl2F2N5O2S. The molecule has 174 valence electrons. The first-order chi connectivity index (χ1) is 15.7. The van der Waals surface area contributed by atoms with Gasteiger partial charge in [-0.2, -0.15) is 5.10 Å². The molecule has 0 saturated heterocycles. The summed E-state index contributed by atoms with van der Waals surface area (Å²) in [5.41, 5.74) is -0.0152. The summed E-state index contributed by atoms with van der Waals surface area (Å²) < 4.78 is 30.4. The van der Waals surface area contributed by atoms with E-state index in [0.29, 0.717) is 16.3 Å².